The number of hydrazine groups is 1. The lowest BCUT2D eigenvalue weighted by Gasteiger charge is -2.45. The zero-order chi connectivity index (χ0) is 18.1. The first-order valence-electron chi connectivity index (χ1n) is 8.91. The zero-order valence-corrected chi connectivity index (χ0v) is 14.5. The molecule has 1 unspecified atom stereocenters. The Morgan fingerprint density at radius 2 is 2.12 bits per heavy atom. The number of nitriles is 1. The van der Waals surface area contributed by atoms with Crippen molar-refractivity contribution in [1.29, 1.82) is 5.26 Å². The molecule has 7 nitrogen and oxygen atoms in total. The summed E-state index contributed by atoms with van der Waals surface area (Å²) < 4.78 is 5.45. The minimum absolute atomic E-state index is 0.0959. The van der Waals surface area contributed by atoms with Gasteiger partial charge in [-0.3, -0.25) is 14.8 Å². The molecule has 134 valence electrons. The van der Waals surface area contributed by atoms with Gasteiger partial charge in [0.1, 0.15) is 5.82 Å². The van der Waals surface area contributed by atoms with Gasteiger partial charge in [-0.15, -0.1) is 0 Å². The van der Waals surface area contributed by atoms with Crippen LogP contribution < -0.4 is 5.73 Å². The number of ketones is 1. The highest BCUT2D eigenvalue weighted by Crippen LogP contribution is 2.45. The fourth-order valence-electron chi connectivity index (χ4n) is 4.02. The lowest BCUT2D eigenvalue weighted by molar-refractivity contribution is -0.117. The predicted octanol–water partition coefficient (Wildman–Crippen LogP) is 1.43. The molecule has 1 fully saturated rings. The standard InChI is InChI=1S/C19H21N5O2/c20-11-14-17(13-3-2-6-22-12-13)18-15(4-1-5-16(18)25)24(19(14)21)23-7-9-26-10-8-23/h2-3,6,12,17H,1,4-5,7-10,21H2. The van der Waals surface area contributed by atoms with E-state index in [1.54, 1.807) is 12.4 Å². The number of hydrogen-bond donors (Lipinski definition) is 1. The van der Waals surface area contributed by atoms with Crippen molar-refractivity contribution < 1.29 is 9.53 Å². The maximum atomic E-state index is 12.9. The van der Waals surface area contributed by atoms with E-state index in [9.17, 15) is 10.1 Å². The average Bonchev–Trinajstić information content (AvgIpc) is 2.68. The number of morpholine rings is 1. The number of aromatic nitrogens is 1. The van der Waals surface area contributed by atoms with Crippen molar-refractivity contribution in [1.82, 2.24) is 15.0 Å². The number of Topliss-reactive ketones (excluding diaryl/α,β-unsaturated/α-hetero) is 1. The normalized spacial score (nSPS) is 24.5. The molecule has 0 bridgehead atoms. The molecule has 2 N–H and O–H groups in total. The first kappa shape index (κ1) is 16.8. The molecule has 3 heterocycles. The summed E-state index contributed by atoms with van der Waals surface area (Å²) in [5.41, 5.74) is 9.35. The van der Waals surface area contributed by atoms with Crippen LogP contribution in [0.5, 0.6) is 0 Å². The SMILES string of the molecule is N#CC1=C(N)N(N2CCOCC2)C2=C(C(=O)CCC2)C1c1cccnc1. The fourth-order valence-corrected chi connectivity index (χ4v) is 4.02. The Morgan fingerprint density at radius 3 is 2.81 bits per heavy atom. The van der Waals surface area contributed by atoms with Gasteiger partial charge in [0.05, 0.1) is 30.8 Å². The van der Waals surface area contributed by atoms with E-state index in [1.807, 2.05) is 17.1 Å². The van der Waals surface area contributed by atoms with Crippen LogP contribution in [0.15, 0.2) is 47.2 Å². The Morgan fingerprint density at radius 1 is 1.31 bits per heavy atom. The Labute approximate surface area is 152 Å². The van der Waals surface area contributed by atoms with Gasteiger partial charge in [0, 0.05) is 43.2 Å². The molecule has 1 aromatic rings. The second-order valence-corrected chi connectivity index (χ2v) is 6.65. The van der Waals surface area contributed by atoms with Crippen LogP contribution in [0.1, 0.15) is 30.7 Å². The quantitative estimate of drug-likeness (QED) is 0.861. The second kappa shape index (κ2) is 6.90. The first-order chi connectivity index (χ1) is 12.7. The van der Waals surface area contributed by atoms with E-state index in [1.165, 1.54) is 0 Å². The van der Waals surface area contributed by atoms with Gasteiger partial charge < -0.3 is 10.5 Å². The molecule has 1 aliphatic carbocycles. The third kappa shape index (κ3) is 2.68. The number of carbonyl (C=O) groups excluding carboxylic acids is 1. The smallest absolute Gasteiger partial charge is 0.161 e. The molecule has 0 spiro atoms. The minimum Gasteiger partial charge on any atom is -0.383 e. The predicted molar refractivity (Wildman–Crippen MR) is 93.9 cm³/mol. The Balaban J connectivity index is 1.88. The van der Waals surface area contributed by atoms with E-state index in [-0.39, 0.29) is 5.78 Å². The van der Waals surface area contributed by atoms with Crippen molar-refractivity contribution in [3.05, 3.63) is 52.8 Å². The van der Waals surface area contributed by atoms with Crippen LogP contribution in [-0.2, 0) is 9.53 Å². The minimum atomic E-state index is -0.436. The summed E-state index contributed by atoms with van der Waals surface area (Å²) in [6.45, 7) is 2.58. The number of nitrogens with zero attached hydrogens (tertiary/aromatic N) is 4. The number of hydrogen-bond acceptors (Lipinski definition) is 7. The van der Waals surface area contributed by atoms with Crippen molar-refractivity contribution in [2.75, 3.05) is 26.3 Å². The van der Waals surface area contributed by atoms with Crippen molar-refractivity contribution in [2.24, 2.45) is 5.73 Å². The molecule has 1 aromatic heterocycles. The van der Waals surface area contributed by atoms with Crippen molar-refractivity contribution in [3.8, 4) is 6.07 Å². The maximum Gasteiger partial charge on any atom is 0.161 e. The number of rotatable bonds is 2. The van der Waals surface area contributed by atoms with Crippen molar-refractivity contribution in [2.45, 2.75) is 25.2 Å². The fraction of sp³-hybridized carbons (Fsp3) is 0.421. The zero-order valence-electron chi connectivity index (χ0n) is 14.5. The molecule has 0 saturated carbocycles. The van der Waals surface area contributed by atoms with E-state index >= 15 is 0 Å². The van der Waals surface area contributed by atoms with Crippen LogP contribution in [0.3, 0.4) is 0 Å². The molecular weight excluding hydrogens is 330 g/mol. The largest absolute Gasteiger partial charge is 0.383 e. The van der Waals surface area contributed by atoms with Gasteiger partial charge in [0.15, 0.2) is 5.78 Å². The van der Waals surface area contributed by atoms with Gasteiger partial charge in [-0.05, 0) is 24.5 Å². The summed E-state index contributed by atoms with van der Waals surface area (Å²) in [4.78, 5) is 17.1. The molecule has 0 aromatic carbocycles. The Hall–Kier alpha value is -2.69. The lowest BCUT2D eigenvalue weighted by atomic mass is 9.76. The summed E-state index contributed by atoms with van der Waals surface area (Å²) in [5.74, 6) is 0.0732. The highest BCUT2D eigenvalue weighted by Gasteiger charge is 2.41. The van der Waals surface area contributed by atoms with E-state index in [4.69, 9.17) is 10.5 Å². The van der Waals surface area contributed by atoms with E-state index in [0.29, 0.717) is 49.7 Å². The molecule has 26 heavy (non-hydrogen) atoms. The highest BCUT2D eigenvalue weighted by atomic mass is 16.5. The van der Waals surface area contributed by atoms with E-state index < -0.39 is 5.92 Å². The van der Waals surface area contributed by atoms with Crippen LogP contribution in [0.4, 0.5) is 0 Å². The topological polar surface area (TPSA) is 95.5 Å². The number of carbonyl (C=O) groups is 1. The number of allylic oxidation sites excluding steroid dienone is 3. The van der Waals surface area contributed by atoms with E-state index in [2.05, 4.69) is 16.1 Å². The number of pyridine rings is 1. The summed E-state index contributed by atoms with van der Waals surface area (Å²) >= 11 is 0. The molecule has 2 aliphatic heterocycles. The summed E-state index contributed by atoms with van der Waals surface area (Å²) in [5, 5.41) is 13.9. The Kier molecular flexibility index (Phi) is 4.45. The monoisotopic (exact) mass is 351 g/mol. The first-order valence-corrected chi connectivity index (χ1v) is 8.91. The van der Waals surface area contributed by atoms with Crippen molar-refractivity contribution >= 4 is 5.78 Å². The van der Waals surface area contributed by atoms with Gasteiger partial charge in [-0.25, -0.2) is 5.01 Å². The highest BCUT2D eigenvalue weighted by molar-refractivity contribution is 5.99. The van der Waals surface area contributed by atoms with Crippen molar-refractivity contribution in [3.63, 3.8) is 0 Å². The van der Waals surface area contributed by atoms with Gasteiger partial charge in [0.25, 0.3) is 0 Å². The average molecular weight is 351 g/mol. The van der Waals surface area contributed by atoms with Gasteiger partial charge in [0.2, 0.25) is 0 Å². The molecule has 1 saturated heterocycles. The van der Waals surface area contributed by atoms with Gasteiger partial charge >= 0.3 is 0 Å². The second-order valence-electron chi connectivity index (χ2n) is 6.65. The summed E-state index contributed by atoms with van der Waals surface area (Å²) in [7, 11) is 0. The third-order valence-electron chi connectivity index (χ3n) is 5.17. The molecular formula is C19H21N5O2. The van der Waals surface area contributed by atoms with Crippen LogP contribution in [0, 0.1) is 11.3 Å². The summed E-state index contributed by atoms with van der Waals surface area (Å²) in [6, 6.07) is 5.99. The van der Waals surface area contributed by atoms with Crippen LogP contribution in [-0.4, -0.2) is 47.1 Å². The molecule has 0 amide bonds. The molecule has 0 radical (unpaired) electrons. The summed E-state index contributed by atoms with van der Waals surface area (Å²) in [6.07, 6.45) is 5.48. The number of nitrogens with two attached hydrogens (primary N) is 1. The maximum absolute atomic E-state index is 12.9. The molecule has 4 rings (SSSR count). The van der Waals surface area contributed by atoms with Crippen LogP contribution >= 0.6 is 0 Å². The number of ether oxygens (including phenoxy) is 1. The van der Waals surface area contributed by atoms with Crippen LogP contribution in [0.25, 0.3) is 0 Å². The van der Waals surface area contributed by atoms with E-state index in [0.717, 1.165) is 24.1 Å². The van der Waals surface area contributed by atoms with Gasteiger partial charge in [-0.1, -0.05) is 6.07 Å². The Bertz CT molecular complexity index is 818. The van der Waals surface area contributed by atoms with Gasteiger partial charge in [-0.2, -0.15) is 5.26 Å². The lowest BCUT2D eigenvalue weighted by Crippen LogP contribution is -2.52. The third-order valence-corrected chi connectivity index (χ3v) is 5.17. The molecule has 1 atom stereocenters. The van der Waals surface area contributed by atoms with Crippen LogP contribution in [0.2, 0.25) is 0 Å². The molecule has 3 aliphatic rings. The molecule has 7 heteroatoms.